The first kappa shape index (κ1) is 27.1. The minimum Gasteiger partial charge on any atom is -0.378 e. The topological polar surface area (TPSA) is 55.0 Å². The van der Waals surface area contributed by atoms with Crippen LogP contribution >= 0.6 is 34.9 Å². The second-order valence-electron chi connectivity index (χ2n) is 10.2. The molecule has 7 nitrogen and oxygen atoms in total. The lowest BCUT2D eigenvalue weighted by Crippen LogP contribution is -2.49. The first-order valence-corrected chi connectivity index (χ1v) is 15.5. The summed E-state index contributed by atoms with van der Waals surface area (Å²) in [6, 6.07) is 12.6. The second-order valence-corrected chi connectivity index (χ2v) is 12.5. The van der Waals surface area contributed by atoms with Gasteiger partial charge in [-0.2, -0.15) is 0 Å². The average molecular weight is 569 g/mol. The highest BCUT2D eigenvalue weighted by Gasteiger charge is 2.27. The number of carbonyl (C=O) groups is 1. The maximum Gasteiger partial charge on any atom is 0.273 e. The van der Waals surface area contributed by atoms with Gasteiger partial charge in [-0.1, -0.05) is 6.07 Å². The van der Waals surface area contributed by atoms with Gasteiger partial charge < -0.3 is 20.0 Å². The molecule has 0 unspecified atom stereocenters. The normalized spacial score (nSPS) is 17.0. The van der Waals surface area contributed by atoms with Crippen LogP contribution in [0.3, 0.4) is 0 Å². The van der Waals surface area contributed by atoms with E-state index in [4.69, 9.17) is 17.2 Å². The number of nitrogens with zero attached hydrogens (tertiary/aromatic N) is 5. The fourth-order valence-electron chi connectivity index (χ4n) is 5.01. The highest BCUT2D eigenvalue weighted by Crippen LogP contribution is 2.31. The molecule has 0 spiro atoms. The molecule has 10 heteroatoms. The molecule has 2 fully saturated rings. The number of benzene rings is 1. The Morgan fingerprint density at radius 3 is 2.42 bits per heavy atom. The zero-order valence-electron chi connectivity index (χ0n) is 22.1. The van der Waals surface area contributed by atoms with Gasteiger partial charge in [0.25, 0.3) is 5.91 Å². The van der Waals surface area contributed by atoms with Crippen LogP contribution in [-0.2, 0) is 6.42 Å². The van der Waals surface area contributed by atoms with E-state index in [0.29, 0.717) is 11.6 Å². The van der Waals surface area contributed by atoms with Gasteiger partial charge in [0.1, 0.15) is 5.69 Å². The van der Waals surface area contributed by atoms with Gasteiger partial charge in [-0.3, -0.25) is 9.69 Å². The van der Waals surface area contributed by atoms with E-state index < -0.39 is 0 Å². The maximum atomic E-state index is 13.1. The molecular formula is C28H36N6OS3. The maximum absolute atomic E-state index is 13.1. The monoisotopic (exact) mass is 568 g/mol. The van der Waals surface area contributed by atoms with Gasteiger partial charge in [0.05, 0.1) is 5.01 Å². The fourth-order valence-corrected chi connectivity index (χ4v) is 6.97. The molecule has 1 amide bonds. The summed E-state index contributed by atoms with van der Waals surface area (Å²) in [7, 11) is 4.07. The fraction of sp³-hybridized carbons (Fsp3) is 0.464. The quantitative estimate of drug-likeness (QED) is 0.409. The number of amides is 1. The lowest BCUT2D eigenvalue weighted by molar-refractivity contribution is 0.0633. The predicted molar refractivity (Wildman–Crippen MR) is 163 cm³/mol. The third kappa shape index (κ3) is 6.72. The molecular weight excluding hydrogens is 533 g/mol. The summed E-state index contributed by atoms with van der Waals surface area (Å²) >= 11 is 9.14. The zero-order valence-corrected chi connectivity index (χ0v) is 24.6. The Balaban J connectivity index is 1.06. The highest BCUT2D eigenvalue weighted by atomic mass is 32.1. The van der Waals surface area contributed by atoms with E-state index in [1.54, 1.807) is 11.3 Å². The Bertz CT molecular complexity index is 1190. The van der Waals surface area contributed by atoms with Crippen molar-refractivity contribution in [2.45, 2.75) is 25.2 Å². The Hall–Kier alpha value is -2.53. The van der Waals surface area contributed by atoms with Crippen molar-refractivity contribution in [3.8, 4) is 0 Å². The number of anilines is 2. The van der Waals surface area contributed by atoms with Gasteiger partial charge in [-0.25, -0.2) is 4.98 Å². The summed E-state index contributed by atoms with van der Waals surface area (Å²) in [5.74, 6) is 0.461. The van der Waals surface area contributed by atoms with Crippen molar-refractivity contribution >= 4 is 57.3 Å². The van der Waals surface area contributed by atoms with Crippen molar-refractivity contribution in [1.82, 2.24) is 19.7 Å². The number of piperidine rings is 1. The molecule has 4 heterocycles. The van der Waals surface area contributed by atoms with E-state index in [0.717, 1.165) is 86.6 Å². The van der Waals surface area contributed by atoms with Crippen molar-refractivity contribution in [2.24, 2.45) is 0 Å². The van der Waals surface area contributed by atoms with Gasteiger partial charge >= 0.3 is 0 Å². The number of thiocarbonyl (C=S) groups is 1. The molecule has 0 saturated carbocycles. The molecule has 1 N–H and O–H groups in total. The number of hydrogen-bond donors (Lipinski definition) is 1. The standard InChI is InChI=1S/C28H36N6OS3/c1-31(2)23-7-5-22(6-8-23)29-28(36)34-13-9-21(10-14-34)26-30-25(20-38-26)27(35)33-17-15-32(16-18-33)12-11-24-4-3-19-37-24/h3-8,19-21H,9-18H2,1-2H3,(H,29,36). The van der Waals surface area contributed by atoms with Crippen LogP contribution in [0.5, 0.6) is 0 Å². The molecule has 2 aromatic heterocycles. The van der Waals surface area contributed by atoms with Gasteiger partial charge in [0, 0.05) is 87.5 Å². The van der Waals surface area contributed by atoms with Crippen LogP contribution in [-0.4, -0.2) is 90.6 Å². The van der Waals surface area contributed by atoms with Gasteiger partial charge in [-0.05, 0) is 67.2 Å². The number of thiophene rings is 1. The minimum absolute atomic E-state index is 0.0773. The van der Waals surface area contributed by atoms with Crippen molar-refractivity contribution < 1.29 is 4.79 Å². The van der Waals surface area contributed by atoms with E-state index in [1.807, 2.05) is 35.7 Å². The number of aromatic nitrogens is 1. The number of hydrogen-bond acceptors (Lipinski definition) is 7. The van der Waals surface area contributed by atoms with Crippen molar-refractivity contribution in [3.05, 3.63) is 62.7 Å². The lowest BCUT2D eigenvalue weighted by atomic mass is 9.98. The van der Waals surface area contributed by atoms with Crippen molar-refractivity contribution in [3.63, 3.8) is 0 Å². The summed E-state index contributed by atoms with van der Waals surface area (Å²) in [4.78, 5) is 28.1. The largest absolute Gasteiger partial charge is 0.378 e. The molecule has 0 aliphatic carbocycles. The molecule has 3 aromatic rings. The smallest absolute Gasteiger partial charge is 0.273 e. The van der Waals surface area contributed by atoms with Crippen LogP contribution in [0.25, 0.3) is 0 Å². The van der Waals surface area contributed by atoms with Crippen LogP contribution in [0.15, 0.2) is 47.2 Å². The van der Waals surface area contributed by atoms with Gasteiger partial charge in [0.15, 0.2) is 5.11 Å². The second kappa shape index (κ2) is 12.5. The summed E-state index contributed by atoms with van der Waals surface area (Å²) in [5.41, 5.74) is 2.78. The summed E-state index contributed by atoms with van der Waals surface area (Å²) in [6.45, 7) is 6.25. The van der Waals surface area contributed by atoms with Crippen LogP contribution < -0.4 is 10.2 Å². The number of likely N-dealkylation sites (tertiary alicyclic amines) is 1. The number of piperazine rings is 1. The number of rotatable bonds is 7. The van der Waals surface area contributed by atoms with Gasteiger partial charge in [0.2, 0.25) is 0 Å². The van der Waals surface area contributed by atoms with E-state index >= 15 is 0 Å². The lowest BCUT2D eigenvalue weighted by Gasteiger charge is -2.34. The SMILES string of the molecule is CN(C)c1ccc(NC(=S)N2CCC(c3nc(C(=O)N4CCN(CCc5cccs5)CC4)cs3)CC2)cc1. The Morgan fingerprint density at radius 2 is 1.76 bits per heavy atom. The Kier molecular flexibility index (Phi) is 8.93. The predicted octanol–water partition coefficient (Wildman–Crippen LogP) is 4.85. The Labute approximate surface area is 239 Å². The first-order valence-electron chi connectivity index (χ1n) is 13.3. The van der Waals surface area contributed by atoms with Crippen LogP contribution in [0, 0.1) is 0 Å². The van der Waals surface area contributed by atoms with E-state index in [1.165, 1.54) is 4.88 Å². The number of nitrogens with one attached hydrogen (secondary N) is 1. The van der Waals surface area contributed by atoms with E-state index in [9.17, 15) is 4.79 Å². The van der Waals surface area contributed by atoms with E-state index in [2.05, 4.69) is 61.8 Å². The molecule has 2 aliphatic rings. The summed E-state index contributed by atoms with van der Waals surface area (Å²) < 4.78 is 0. The molecule has 0 radical (unpaired) electrons. The van der Waals surface area contributed by atoms with E-state index in [-0.39, 0.29) is 5.91 Å². The third-order valence-electron chi connectivity index (χ3n) is 7.42. The molecule has 38 heavy (non-hydrogen) atoms. The van der Waals surface area contributed by atoms with Gasteiger partial charge in [-0.15, -0.1) is 22.7 Å². The molecule has 0 bridgehead atoms. The number of carbonyl (C=O) groups excluding carboxylic acids is 1. The summed E-state index contributed by atoms with van der Waals surface area (Å²) in [6.07, 6.45) is 3.07. The minimum atomic E-state index is 0.0773. The summed E-state index contributed by atoms with van der Waals surface area (Å²) in [5, 5.41) is 9.32. The Morgan fingerprint density at radius 1 is 1.03 bits per heavy atom. The molecule has 1 aromatic carbocycles. The van der Waals surface area contributed by atoms with Crippen LogP contribution in [0.1, 0.15) is 39.1 Å². The number of thiazole rings is 1. The van der Waals surface area contributed by atoms with Crippen LogP contribution in [0.2, 0.25) is 0 Å². The molecule has 5 rings (SSSR count). The zero-order chi connectivity index (χ0) is 26.5. The van der Waals surface area contributed by atoms with Crippen LogP contribution in [0.4, 0.5) is 11.4 Å². The molecule has 202 valence electrons. The van der Waals surface area contributed by atoms with Crippen molar-refractivity contribution in [2.75, 3.05) is 70.1 Å². The average Bonchev–Trinajstić information content (AvgIpc) is 3.65. The third-order valence-corrected chi connectivity index (χ3v) is 9.73. The first-order chi connectivity index (χ1) is 18.5. The van der Waals surface area contributed by atoms with Crippen molar-refractivity contribution in [1.29, 1.82) is 0 Å². The molecule has 2 aliphatic heterocycles. The highest BCUT2D eigenvalue weighted by molar-refractivity contribution is 7.80. The molecule has 2 saturated heterocycles. The molecule has 0 atom stereocenters.